The van der Waals surface area contributed by atoms with Gasteiger partial charge in [0.15, 0.2) is 0 Å². The van der Waals surface area contributed by atoms with Crippen molar-refractivity contribution in [2.45, 2.75) is 12.8 Å². The average molecular weight is 391 g/mol. The third kappa shape index (κ3) is 3.78. The molecule has 0 saturated heterocycles. The Labute approximate surface area is 159 Å². The number of hydrogen-bond donors (Lipinski definition) is 2. The number of anilines is 2. The molecule has 0 heterocycles. The first-order valence-electron chi connectivity index (χ1n) is 8.13. The summed E-state index contributed by atoms with van der Waals surface area (Å²) in [6.45, 7) is 0. The molecule has 0 spiro atoms. The van der Waals surface area contributed by atoms with Gasteiger partial charge in [0.1, 0.15) is 11.2 Å². The summed E-state index contributed by atoms with van der Waals surface area (Å²) in [5.74, 6) is -2.24. The van der Waals surface area contributed by atoms with E-state index in [4.69, 9.17) is 16.3 Å². The lowest BCUT2D eigenvalue weighted by atomic mass is 10.0. The molecule has 0 radical (unpaired) electrons. The number of nitrogens with one attached hydrogen (secondary N) is 2. The quantitative estimate of drug-likeness (QED) is 0.603. The largest absolute Gasteiger partial charge is 0.465 e. The second-order valence-corrected chi connectivity index (χ2v) is 6.56. The SMILES string of the molecule is COC(=O)c1ccccc1NC(=O)C1(C(=O)Nc2ccc(F)c(Cl)c2)CC1. The highest BCUT2D eigenvalue weighted by Crippen LogP contribution is 2.47. The second kappa shape index (κ2) is 7.36. The van der Waals surface area contributed by atoms with E-state index >= 15 is 0 Å². The number of rotatable bonds is 5. The fourth-order valence-electron chi connectivity index (χ4n) is 2.63. The first-order chi connectivity index (χ1) is 12.9. The summed E-state index contributed by atoms with van der Waals surface area (Å²) in [7, 11) is 1.24. The molecule has 1 aliphatic carbocycles. The van der Waals surface area contributed by atoms with Gasteiger partial charge in [0.05, 0.1) is 23.4 Å². The summed E-state index contributed by atoms with van der Waals surface area (Å²) in [5, 5.41) is 5.08. The Hall–Kier alpha value is -2.93. The smallest absolute Gasteiger partial charge is 0.339 e. The fraction of sp³-hybridized carbons (Fsp3) is 0.211. The van der Waals surface area contributed by atoms with E-state index in [0.717, 1.165) is 6.07 Å². The van der Waals surface area contributed by atoms with Crippen LogP contribution in [0.3, 0.4) is 0 Å². The zero-order valence-electron chi connectivity index (χ0n) is 14.3. The molecule has 140 valence electrons. The lowest BCUT2D eigenvalue weighted by Crippen LogP contribution is -2.36. The number of carbonyl (C=O) groups excluding carboxylic acids is 3. The zero-order valence-corrected chi connectivity index (χ0v) is 15.1. The molecule has 0 aromatic heterocycles. The molecule has 6 nitrogen and oxygen atoms in total. The molecule has 8 heteroatoms. The molecule has 2 aromatic carbocycles. The van der Waals surface area contributed by atoms with Crippen molar-refractivity contribution >= 4 is 40.8 Å². The molecular formula is C19H16ClFN2O4. The van der Waals surface area contributed by atoms with Crippen molar-refractivity contribution in [3.63, 3.8) is 0 Å². The van der Waals surface area contributed by atoms with E-state index in [-0.39, 0.29) is 16.3 Å². The van der Waals surface area contributed by atoms with Crippen molar-refractivity contribution in [1.82, 2.24) is 0 Å². The van der Waals surface area contributed by atoms with E-state index in [1.807, 2.05) is 0 Å². The second-order valence-electron chi connectivity index (χ2n) is 6.16. The molecule has 1 saturated carbocycles. The van der Waals surface area contributed by atoms with Crippen LogP contribution in [0.4, 0.5) is 15.8 Å². The van der Waals surface area contributed by atoms with Crippen LogP contribution in [-0.4, -0.2) is 24.9 Å². The molecule has 0 atom stereocenters. The fourth-order valence-corrected chi connectivity index (χ4v) is 2.81. The standard InChI is InChI=1S/C19H16ClFN2O4/c1-27-16(24)12-4-2-3-5-15(12)23-18(26)19(8-9-19)17(25)22-11-6-7-14(21)13(20)10-11/h2-7,10H,8-9H2,1H3,(H,22,25)(H,23,26). The Kier molecular flexibility index (Phi) is 5.14. The molecule has 0 aliphatic heterocycles. The maximum absolute atomic E-state index is 13.2. The van der Waals surface area contributed by atoms with Gasteiger partial charge >= 0.3 is 5.97 Å². The van der Waals surface area contributed by atoms with Gasteiger partial charge in [-0.25, -0.2) is 9.18 Å². The summed E-state index contributed by atoms with van der Waals surface area (Å²) in [6, 6.07) is 10.1. The van der Waals surface area contributed by atoms with E-state index in [2.05, 4.69) is 10.6 Å². The zero-order chi connectivity index (χ0) is 19.6. The number of amides is 2. The predicted octanol–water partition coefficient (Wildman–Crippen LogP) is 3.62. The minimum absolute atomic E-state index is 0.130. The van der Waals surface area contributed by atoms with Crippen molar-refractivity contribution in [3.8, 4) is 0 Å². The number of hydrogen-bond acceptors (Lipinski definition) is 4. The van der Waals surface area contributed by atoms with Crippen LogP contribution in [-0.2, 0) is 14.3 Å². The van der Waals surface area contributed by atoms with Crippen LogP contribution >= 0.6 is 11.6 Å². The van der Waals surface area contributed by atoms with E-state index < -0.39 is 29.0 Å². The van der Waals surface area contributed by atoms with Crippen LogP contribution in [0.1, 0.15) is 23.2 Å². The lowest BCUT2D eigenvalue weighted by Gasteiger charge is -2.17. The summed E-state index contributed by atoms with van der Waals surface area (Å²) in [4.78, 5) is 37.1. The normalized spacial score (nSPS) is 14.2. The van der Waals surface area contributed by atoms with E-state index in [1.54, 1.807) is 18.2 Å². The maximum Gasteiger partial charge on any atom is 0.339 e. The first kappa shape index (κ1) is 18.8. The molecule has 1 aliphatic rings. The van der Waals surface area contributed by atoms with Gasteiger partial charge in [-0.1, -0.05) is 23.7 Å². The maximum atomic E-state index is 13.2. The molecule has 2 amide bonds. The number of benzene rings is 2. The summed E-state index contributed by atoms with van der Waals surface area (Å²) < 4.78 is 17.9. The van der Waals surface area contributed by atoms with Crippen molar-refractivity contribution in [2.75, 3.05) is 17.7 Å². The highest BCUT2D eigenvalue weighted by atomic mass is 35.5. The number of para-hydroxylation sites is 1. The van der Waals surface area contributed by atoms with Gasteiger partial charge in [-0.15, -0.1) is 0 Å². The number of esters is 1. The Morgan fingerprint density at radius 2 is 1.74 bits per heavy atom. The Bertz CT molecular complexity index is 928. The van der Waals surface area contributed by atoms with Crippen molar-refractivity contribution in [1.29, 1.82) is 0 Å². The molecule has 0 unspecified atom stereocenters. The summed E-state index contributed by atoms with van der Waals surface area (Å²) in [5.41, 5.74) is -0.502. The van der Waals surface area contributed by atoms with Gasteiger partial charge in [0.2, 0.25) is 11.8 Å². The monoisotopic (exact) mass is 390 g/mol. The molecular weight excluding hydrogens is 375 g/mol. The highest BCUT2D eigenvalue weighted by molar-refractivity contribution is 6.31. The van der Waals surface area contributed by atoms with Crippen LogP contribution in [0.25, 0.3) is 0 Å². The van der Waals surface area contributed by atoms with Crippen molar-refractivity contribution < 1.29 is 23.5 Å². The van der Waals surface area contributed by atoms with Crippen LogP contribution in [0.15, 0.2) is 42.5 Å². The van der Waals surface area contributed by atoms with Crippen molar-refractivity contribution in [2.24, 2.45) is 5.41 Å². The predicted molar refractivity (Wildman–Crippen MR) is 98.1 cm³/mol. The number of ether oxygens (including phenoxy) is 1. The number of halogens is 2. The van der Waals surface area contributed by atoms with Gasteiger partial charge in [-0.05, 0) is 43.2 Å². The molecule has 27 heavy (non-hydrogen) atoms. The minimum atomic E-state index is -1.25. The van der Waals surface area contributed by atoms with Crippen LogP contribution in [0.2, 0.25) is 5.02 Å². The van der Waals surface area contributed by atoms with Crippen LogP contribution in [0.5, 0.6) is 0 Å². The Balaban J connectivity index is 1.76. The van der Waals surface area contributed by atoms with E-state index in [1.165, 1.54) is 25.3 Å². The number of carbonyl (C=O) groups is 3. The van der Waals surface area contributed by atoms with Crippen LogP contribution < -0.4 is 10.6 Å². The molecule has 0 bridgehead atoms. The van der Waals surface area contributed by atoms with Gasteiger partial charge in [0.25, 0.3) is 0 Å². The van der Waals surface area contributed by atoms with E-state index in [0.29, 0.717) is 18.5 Å². The van der Waals surface area contributed by atoms with Gasteiger partial charge in [-0.3, -0.25) is 9.59 Å². The average Bonchev–Trinajstić information content (AvgIpc) is 3.47. The highest BCUT2D eigenvalue weighted by Gasteiger charge is 2.56. The Morgan fingerprint density at radius 1 is 1.07 bits per heavy atom. The summed E-state index contributed by atoms with van der Waals surface area (Å²) >= 11 is 5.71. The third-order valence-corrected chi connectivity index (χ3v) is 4.67. The van der Waals surface area contributed by atoms with Crippen LogP contribution in [0, 0.1) is 11.2 Å². The third-order valence-electron chi connectivity index (χ3n) is 4.38. The molecule has 2 aromatic rings. The van der Waals surface area contributed by atoms with Crippen molar-refractivity contribution in [3.05, 3.63) is 58.9 Å². The Morgan fingerprint density at radius 3 is 2.37 bits per heavy atom. The first-order valence-corrected chi connectivity index (χ1v) is 8.50. The van der Waals surface area contributed by atoms with Gasteiger partial charge < -0.3 is 15.4 Å². The molecule has 2 N–H and O–H groups in total. The van der Waals surface area contributed by atoms with Gasteiger partial charge in [0, 0.05) is 5.69 Å². The molecule has 3 rings (SSSR count). The van der Waals surface area contributed by atoms with Gasteiger partial charge in [-0.2, -0.15) is 0 Å². The topological polar surface area (TPSA) is 84.5 Å². The number of methoxy groups -OCH3 is 1. The summed E-state index contributed by atoms with van der Waals surface area (Å²) in [6.07, 6.45) is 0.722. The minimum Gasteiger partial charge on any atom is -0.465 e. The molecule has 1 fully saturated rings. The lowest BCUT2D eigenvalue weighted by molar-refractivity contribution is -0.131. The van der Waals surface area contributed by atoms with E-state index in [9.17, 15) is 18.8 Å².